The van der Waals surface area contributed by atoms with Crippen molar-refractivity contribution < 1.29 is 19.4 Å². The van der Waals surface area contributed by atoms with Crippen molar-refractivity contribution in [3.63, 3.8) is 0 Å². The molecular weight excluding hydrogens is 346 g/mol. The average molecular weight is 365 g/mol. The van der Waals surface area contributed by atoms with E-state index >= 15 is 0 Å². The first-order chi connectivity index (χ1) is 11.5. The summed E-state index contributed by atoms with van der Waals surface area (Å²) in [6.07, 6.45) is 4.09. The van der Waals surface area contributed by atoms with Gasteiger partial charge in [-0.25, -0.2) is 0 Å². The molecule has 1 N–H and O–H groups in total. The fourth-order valence-electron chi connectivity index (χ4n) is 2.30. The number of carbonyl (C=O) groups is 2. The molecule has 0 bridgehead atoms. The number of carboxylic acids is 1. The van der Waals surface area contributed by atoms with Crippen LogP contribution in [0.1, 0.15) is 31.2 Å². The first-order valence-corrected chi connectivity index (χ1v) is 8.85. The van der Waals surface area contributed by atoms with Gasteiger partial charge in [0.25, 0.3) is 5.91 Å². The molecule has 1 aromatic rings. The standard InChI is InChI=1S/C17H19NO4S2/c1-22-13-7-5-6-12(10-13)11-14-16(21)18(17(23)24-14)9-4-2-3-8-15(19)20/h5-7,10-11H,2-4,8-9H2,1H3,(H,19,20)/b14-11-. The molecule has 1 aromatic carbocycles. The minimum absolute atomic E-state index is 0.0916. The van der Waals surface area contributed by atoms with Gasteiger partial charge in [-0.3, -0.25) is 14.5 Å². The van der Waals surface area contributed by atoms with E-state index in [0.717, 1.165) is 24.2 Å². The number of thiocarbonyl (C=S) groups is 1. The molecule has 7 heteroatoms. The van der Waals surface area contributed by atoms with Crippen LogP contribution in [-0.2, 0) is 9.59 Å². The van der Waals surface area contributed by atoms with Gasteiger partial charge in [-0.1, -0.05) is 42.5 Å². The number of aliphatic carboxylic acids is 1. The first-order valence-electron chi connectivity index (χ1n) is 7.62. The number of amides is 1. The maximum Gasteiger partial charge on any atom is 0.303 e. The van der Waals surface area contributed by atoms with Crippen LogP contribution in [0, 0.1) is 0 Å². The lowest BCUT2D eigenvalue weighted by atomic mass is 10.2. The molecule has 2 rings (SSSR count). The number of carboxylic acid groups (broad SMARTS) is 1. The van der Waals surface area contributed by atoms with Crippen LogP contribution in [0.15, 0.2) is 29.2 Å². The Morgan fingerprint density at radius 3 is 2.88 bits per heavy atom. The molecule has 1 aliphatic rings. The summed E-state index contributed by atoms with van der Waals surface area (Å²) >= 11 is 6.58. The number of ether oxygens (including phenoxy) is 1. The normalized spacial score (nSPS) is 16.0. The van der Waals surface area contributed by atoms with Gasteiger partial charge >= 0.3 is 5.97 Å². The summed E-state index contributed by atoms with van der Waals surface area (Å²) in [7, 11) is 1.60. The van der Waals surface area contributed by atoms with Crippen LogP contribution >= 0.6 is 24.0 Å². The topological polar surface area (TPSA) is 66.8 Å². The summed E-state index contributed by atoms with van der Waals surface area (Å²) in [4.78, 5) is 25.1. The van der Waals surface area contributed by atoms with Crippen LogP contribution < -0.4 is 4.74 Å². The zero-order chi connectivity index (χ0) is 17.5. The quantitative estimate of drug-likeness (QED) is 0.432. The third-order valence-corrected chi connectivity index (χ3v) is 4.92. The van der Waals surface area contributed by atoms with Crippen molar-refractivity contribution in [2.45, 2.75) is 25.7 Å². The van der Waals surface area contributed by atoms with Crippen LogP contribution in [0.2, 0.25) is 0 Å². The monoisotopic (exact) mass is 365 g/mol. The molecule has 24 heavy (non-hydrogen) atoms. The predicted octanol–water partition coefficient (Wildman–Crippen LogP) is 3.54. The van der Waals surface area contributed by atoms with Crippen molar-refractivity contribution >= 4 is 46.3 Å². The predicted molar refractivity (Wildman–Crippen MR) is 99.0 cm³/mol. The molecule has 0 spiro atoms. The van der Waals surface area contributed by atoms with E-state index in [1.54, 1.807) is 12.0 Å². The number of unbranched alkanes of at least 4 members (excludes halogenated alkanes) is 2. The molecule has 1 fully saturated rings. The summed E-state index contributed by atoms with van der Waals surface area (Å²) in [5, 5.41) is 8.62. The summed E-state index contributed by atoms with van der Waals surface area (Å²) in [5.74, 6) is -0.148. The molecule has 0 aromatic heterocycles. The molecule has 1 amide bonds. The van der Waals surface area contributed by atoms with Gasteiger partial charge in [-0.2, -0.15) is 0 Å². The fraction of sp³-hybridized carbons (Fsp3) is 0.353. The largest absolute Gasteiger partial charge is 0.497 e. The first kappa shape index (κ1) is 18.5. The van der Waals surface area contributed by atoms with Crippen LogP contribution in [0.5, 0.6) is 5.75 Å². The van der Waals surface area contributed by atoms with Gasteiger partial charge in [0.05, 0.1) is 12.0 Å². The minimum atomic E-state index is -0.790. The molecule has 1 saturated heterocycles. The van der Waals surface area contributed by atoms with Gasteiger partial charge in [0.1, 0.15) is 10.1 Å². The maximum absolute atomic E-state index is 12.5. The van der Waals surface area contributed by atoms with Crippen molar-refractivity contribution in [1.29, 1.82) is 0 Å². The van der Waals surface area contributed by atoms with Crippen molar-refractivity contribution in [2.24, 2.45) is 0 Å². The van der Waals surface area contributed by atoms with Crippen LogP contribution in [0.4, 0.5) is 0 Å². The molecule has 0 aliphatic carbocycles. The number of methoxy groups -OCH3 is 1. The van der Waals surface area contributed by atoms with E-state index in [-0.39, 0.29) is 12.3 Å². The fourth-order valence-corrected chi connectivity index (χ4v) is 3.61. The molecule has 0 unspecified atom stereocenters. The Morgan fingerprint density at radius 2 is 2.17 bits per heavy atom. The van der Waals surface area contributed by atoms with Gasteiger partial charge in [0.2, 0.25) is 0 Å². The van der Waals surface area contributed by atoms with Gasteiger partial charge in [-0.15, -0.1) is 0 Å². The highest BCUT2D eigenvalue weighted by Crippen LogP contribution is 2.33. The van der Waals surface area contributed by atoms with E-state index in [2.05, 4.69) is 0 Å². The average Bonchev–Trinajstić information content (AvgIpc) is 2.81. The number of hydrogen-bond donors (Lipinski definition) is 1. The second kappa shape index (κ2) is 8.84. The highest BCUT2D eigenvalue weighted by atomic mass is 32.2. The Kier molecular flexibility index (Phi) is 6.81. The van der Waals surface area contributed by atoms with Crippen molar-refractivity contribution in [1.82, 2.24) is 4.90 Å². The summed E-state index contributed by atoms with van der Waals surface area (Å²) < 4.78 is 5.73. The number of carbonyl (C=O) groups excluding carboxylic acids is 1. The van der Waals surface area contributed by atoms with Crippen LogP contribution in [-0.4, -0.2) is 39.9 Å². The molecule has 0 atom stereocenters. The van der Waals surface area contributed by atoms with E-state index in [0.29, 0.717) is 22.2 Å². The third kappa shape index (κ3) is 5.07. The molecule has 0 radical (unpaired) electrons. The zero-order valence-electron chi connectivity index (χ0n) is 13.4. The molecule has 5 nitrogen and oxygen atoms in total. The molecule has 1 heterocycles. The van der Waals surface area contributed by atoms with Gasteiger partial charge < -0.3 is 9.84 Å². The lowest BCUT2D eigenvalue weighted by Gasteiger charge is -2.13. The minimum Gasteiger partial charge on any atom is -0.497 e. The van der Waals surface area contributed by atoms with Crippen molar-refractivity contribution in [2.75, 3.05) is 13.7 Å². The van der Waals surface area contributed by atoms with Gasteiger partial charge in [0, 0.05) is 13.0 Å². The molecule has 1 aliphatic heterocycles. The van der Waals surface area contributed by atoms with Crippen molar-refractivity contribution in [3.8, 4) is 5.75 Å². The van der Waals surface area contributed by atoms with E-state index in [4.69, 9.17) is 22.1 Å². The Balaban J connectivity index is 1.95. The lowest BCUT2D eigenvalue weighted by Crippen LogP contribution is -2.29. The number of benzene rings is 1. The molecule has 128 valence electrons. The Hall–Kier alpha value is -1.86. The van der Waals surface area contributed by atoms with E-state index in [1.165, 1.54) is 11.8 Å². The van der Waals surface area contributed by atoms with Gasteiger partial charge in [-0.05, 0) is 36.6 Å². The van der Waals surface area contributed by atoms with Crippen molar-refractivity contribution in [3.05, 3.63) is 34.7 Å². The Labute approximate surface area is 150 Å². The van der Waals surface area contributed by atoms with Crippen LogP contribution in [0.3, 0.4) is 0 Å². The van der Waals surface area contributed by atoms with Crippen LogP contribution in [0.25, 0.3) is 6.08 Å². The number of hydrogen-bond acceptors (Lipinski definition) is 5. The smallest absolute Gasteiger partial charge is 0.303 e. The summed E-state index contributed by atoms with van der Waals surface area (Å²) in [5.41, 5.74) is 0.885. The molecule has 0 saturated carbocycles. The number of nitrogens with zero attached hydrogens (tertiary/aromatic N) is 1. The highest BCUT2D eigenvalue weighted by molar-refractivity contribution is 8.26. The second-order valence-electron chi connectivity index (χ2n) is 5.31. The van der Waals surface area contributed by atoms with Gasteiger partial charge in [0.15, 0.2) is 0 Å². The SMILES string of the molecule is COc1cccc(/C=C2\SC(=S)N(CCCCCC(=O)O)C2=O)c1. The second-order valence-corrected chi connectivity index (χ2v) is 6.99. The Bertz CT molecular complexity index is 672. The summed E-state index contributed by atoms with van der Waals surface area (Å²) in [6, 6.07) is 7.48. The molecular formula is C17H19NO4S2. The number of thioether (sulfide) groups is 1. The maximum atomic E-state index is 12.5. The Morgan fingerprint density at radius 1 is 1.38 bits per heavy atom. The number of rotatable bonds is 8. The van der Waals surface area contributed by atoms with E-state index < -0.39 is 5.97 Å². The lowest BCUT2D eigenvalue weighted by molar-refractivity contribution is -0.137. The highest BCUT2D eigenvalue weighted by Gasteiger charge is 2.31. The third-order valence-electron chi connectivity index (χ3n) is 3.54. The van der Waals surface area contributed by atoms with E-state index in [9.17, 15) is 9.59 Å². The summed E-state index contributed by atoms with van der Waals surface area (Å²) in [6.45, 7) is 0.528. The van der Waals surface area contributed by atoms with E-state index in [1.807, 2.05) is 30.3 Å². The zero-order valence-corrected chi connectivity index (χ0v) is 15.0.